The van der Waals surface area contributed by atoms with Crippen molar-refractivity contribution in [2.24, 2.45) is 0 Å². The van der Waals surface area contributed by atoms with E-state index in [9.17, 15) is 5.11 Å². The van der Waals surface area contributed by atoms with E-state index < -0.39 is 0 Å². The topological polar surface area (TPSA) is 20.2 Å². The number of benzene rings is 2. The van der Waals surface area contributed by atoms with Gasteiger partial charge in [0.1, 0.15) is 0 Å². The molecule has 0 heterocycles. The molecule has 0 fully saturated rings. The third kappa shape index (κ3) is 1.98. The molecule has 0 spiro atoms. The highest BCUT2D eigenvalue weighted by Gasteiger charge is 2.28. The van der Waals surface area contributed by atoms with Crippen LogP contribution in [0.1, 0.15) is 35.1 Å². The van der Waals surface area contributed by atoms with Crippen molar-refractivity contribution in [1.29, 1.82) is 0 Å². The van der Waals surface area contributed by atoms with E-state index in [1.54, 1.807) is 0 Å². The first kappa shape index (κ1) is 10.5. The van der Waals surface area contributed by atoms with Gasteiger partial charge in [-0.2, -0.15) is 0 Å². The van der Waals surface area contributed by atoms with E-state index in [0.717, 1.165) is 18.4 Å². The normalized spacial score (nSPS) is 22.4. The zero-order chi connectivity index (χ0) is 11.7. The second kappa shape index (κ2) is 4.34. The van der Waals surface area contributed by atoms with Crippen LogP contribution in [0.15, 0.2) is 54.6 Å². The molecular formula is C16H16O. The van der Waals surface area contributed by atoms with E-state index in [0.29, 0.717) is 5.92 Å². The van der Waals surface area contributed by atoms with Crippen molar-refractivity contribution in [3.8, 4) is 0 Å². The fraction of sp³-hybridized carbons (Fsp3) is 0.250. The van der Waals surface area contributed by atoms with Gasteiger partial charge in [-0.15, -0.1) is 0 Å². The molecule has 0 amide bonds. The highest BCUT2D eigenvalue weighted by atomic mass is 16.3. The SMILES string of the molecule is O[C@@H]1C[C@@H](Cc2ccccc2)c2ccccc21. The molecule has 0 saturated heterocycles. The summed E-state index contributed by atoms with van der Waals surface area (Å²) in [6.07, 6.45) is 1.60. The molecule has 0 saturated carbocycles. The molecule has 17 heavy (non-hydrogen) atoms. The quantitative estimate of drug-likeness (QED) is 0.828. The van der Waals surface area contributed by atoms with Crippen molar-refractivity contribution < 1.29 is 5.11 Å². The molecular weight excluding hydrogens is 208 g/mol. The van der Waals surface area contributed by atoms with E-state index in [2.05, 4.69) is 36.4 Å². The Morgan fingerprint density at radius 2 is 1.53 bits per heavy atom. The largest absolute Gasteiger partial charge is 0.388 e. The third-order valence-electron chi connectivity index (χ3n) is 3.63. The first-order chi connectivity index (χ1) is 8.34. The maximum absolute atomic E-state index is 10.0. The zero-order valence-electron chi connectivity index (χ0n) is 9.71. The first-order valence-corrected chi connectivity index (χ1v) is 6.15. The number of hydrogen-bond donors (Lipinski definition) is 1. The van der Waals surface area contributed by atoms with Gasteiger partial charge in [0, 0.05) is 0 Å². The summed E-state index contributed by atoms with van der Waals surface area (Å²) in [5.41, 5.74) is 3.79. The molecule has 2 aromatic carbocycles. The molecule has 1 N–H and O–H groups in total. The Labute approximate surface area is 102 Å². The van der Waals surface area contributed by atoms with Crippen LogP contribution >= 0.6 is 0 Å². The predicted octanol–water partition coefficient (Wildman–Crippen LogP) is 3.45. The molecule has 0 bridgehead atoms. The second-order valence-electron chi connectivity index (χ2n) is 4.77. The lowest BCUT2D eigenvalue weighted by Crippen LogP contribution is -1.98. The molecule has 1 heteroatoms. The lowest BCUT2D eigenvalue weighted by molar-refractivity contribution is 0.173. The van der Waals surface area contributed by atoms with Crippen LogP contribution in [0.3, 0.4) is 0 Å². The van der Waals surface area contributed by atoms with Crippen LogP contribution in [-0.2, 0) is 6.42 Å². The molecule has 3 rings (SSSR count). The number of aliphatic hydroxyl groups excluding tert-OH is 1. The van der Waals surface area contributed by atoms with Gasteiger partial charge in [0.15, 0.2) is 0 Å². The minimum absolute atomic E-state index is 0.278. The summed E-state index contributed by atoms with van der Waals surface area (Å²) < 4.78 is 0. The standard InChI is InChI=1S/C16H16O/c17-16-11-13(10-12-6-2-1-3-7-12)14-8-4-5-9-15(14)16/h1-9,13,16-17H,10-11H2/t13-,16-/m1/s1. The van der Waals surface area contributed by atoms with Gasteiger partial charge in [-0.25, -0.2) is 0 Å². The van der Waals surface area contributed by atoms with E-state index in [1.807, 2.05) is 18.2 Å². The summed E-state index contributed by atoms with van der Waals surface area (Å²) in [6, 6.07) is 18.8. The average Bonchev–Trinajstić information content (AvgIpc) is 2.69. The van der Waals surface area contributed by atoms with Gasteiger partial charge in [0.2, 0.25) is 0 Å². The molecule has 0 radical (unpaired) electrons. The summed E-state index contributed by atoms with van der Waals surface area (Å²) in [5.74, 6) is 0.462. The van der Waals surface area contributed by atoms with Crippen molar-refractivity contribution in [1.82, 2.24) is 0 Å². The molecule has 1 aliphatic carbocycles. The van der Waals surface area contributed by atoms with Gasteiger partial charge in [0.05, 0.1) is 6.10 Å². The monoisotopic (exact) mass is 224 g/mol. The van der Waals surface area contributed by atoms with Gasteiger partial charge in [-0.05, 0) is 35.4 Å². The van der Waals surface area contributed by atoms with Gasteiger partial charge in [-0.3, -0.25) is 0 Å². The Morgan fingerprint density at radius 3 is 2.29 bits per heavy atom. The second-order valence-corrected chi connectivity index (χ2v) is 4.77. The summed E-state index contributed by atoms with van der Waals surface area (Å²) in [6.45, 7) is 0. The van der Waals surface area contributed by atoms with Crippen molar-refractivity contribution >= 4 is 0 Å². The molecule has 0 unspecified atom stereocenters. The average molecular weight is 224 g/mol. The molecule has 2 atom stereocenters. The van der Waals surface area contributed by atoms with Crippen molar-refractivity contribution in [2.45, 2.75) is 24.9 Å². The highest BCUT2D eigenvalue weighted by molar-refractivity contribution is 5.38. The fourth-order valence-corrected chi connectivity index (χ4v) is 2.80. The van der Waals surface area contributed by atoms with Crippen LogP contribution in [-0.4, -0.2) is 5.11 Å². The third-order valence-corrected chi connectivity index (χ3v) is 3.63. The Bertz CT molecular complexity index is 504. The van der Waals surface area contributed by atoms with Crippen molar-refractivity contribution in [2.75, 3.05) is 0 Å². The van der Waals surface area contributed by atoms with Crippen LogP contribution in [0.2, 0.25) is 0 Å². The van der Waals surface area contributed by atoms with E-state index in [-0.39, 0.29) is 6.10 Å². The summed E-state index contributed by atoms with van der Waals surface area (Å²) in [5, 5.41) is 10.0. The molecule has 0 aromatic heterocycles. The Morgan fingerprint density at radius 1 is 0.882 bits per heavy atom. The minimum atomic E-state index is -0.278. The lowest BCUT2D eigenvalue weighted by Gasteiger charge is -2.11. The number of rotatable bonds is 2. The van der Waals surface area contributed by atoms with Crippen LogP contribution < -0.4 is 0 Å². The number of fused-ring (bicyclic) bond motifs is 1. The Kier molecular flexibility index (Phi) is 2.69. The maximum atomic E-state index is 10.0. The van der Waals surface area contributed by atoms with Gasteiger partial charge in [-0.1, -0.05) is 54.6 Å². The summed E-state index contributed by atoms with van der Waals surface area (Å²) in [7, 11) is 0. The van der Waals surface area contributed by atoms with Crippen LogP contribution in [0, 0.1) is 0 Å². The molecule has 1 nitrogen and oxygen atoms in total. The lowest BCUT2D eigenvalue weighted by atomic mass is 9.94. The van der Waals surface area contributed by atoms with Crippen LogP contribution in [0.4, 0.5) is 0 Å². The first-order valence-electron chi connectivity index (χ1n) is 6.15. The maximum Gasteiger partial charge on any atom is 0.0798 e. The van der Waals surface area contributed by atoms with Crippen molar-refractivity contribution in [3.05, 3.63) is 71.3 Å². The molecule has 1 aliphatic rings. The molecule has 2 aromatic rings. The van der Waals surface area contributed by atoms with Crippen LogP contribution in [0.25, 0.3) is 0 Å². The molecule has 0 aliphatic heterocycles. The van der Waals surface area contributed by atoms with Crippen LogP contribution in [0.5, 0.6) is 0 Å². The van der Waals surface area contributed by atoms with Gasteiger partial charge in [0.25, 0.3) is 0 Å². The van der Waals surface area contributed by atoms with Gasteiger partial charge < -0.3 is 5.11 Å². The zero-order valence-corrected chi connectivity index (χ0v) is 9.71. The fourth-order valence-electron chi connectivity index (χ4n) is 2.80. The molecule has 86 valence electrons. The minimum Gasteiger partial charge on any atom is -0.388 e. The number of hydrogen-bond acceptors (Lipinski definition) is 1. The summed E-state index contributed by atoms with van der Waals surface area (Å²) in [4.78, 5) is 0. The number of aliphatic hydroxyl groups is 1. The highest BCUT2D eigenvalue weighted by Crippen LogP contribution is 2.41. The Hall–Kier alpha value is -1.60. The van der Waals surface area contributed by atoms with Gasteiger partial charge >= 0.3 is 0 Å². The predicted molar refractivity (Wildman–Crippen MR) is 68.9 cm³/mol. The van der Waals surface area contributed by atoms with E-state index >= 15 is 0 Å². The van der Waals surface area contributed by atoms with E-state index in [4.69, 9.17) is 0 Å². The van der Waals surface area contributed by atoms with E-state index in [1.165, 1.54) is 11.1 Å². The smallest absolute Gasteiger partial charge is 0.0798 e. The Balaban J connectivity index is 1.87. The van der Waals surface area contributed by atoms with Crippen molar-refractivity contribution in [3.63, 3.8) is 0 Å². The summed E-state index contributed by atoms with van der Waals surface area (Å²) >= 11 is 0.